The third-order valence-electron chi connectivity index (χ3n) is 4.57. The van der Waals surface area contributed by atoms with Crippen molar-refractivity contribution in [2.24, 2.45) is 0 Å². The molecule has 1 heterocycles. The summed E-state index contributed by atoms with van der Waals surface area (Å²) in [5.74, 6) is 0.0934. The van der Waals surface area contributed by atoms with Gasteiger partial charge in [-0.1, -0.05) is 6.92 Å². The van der Waals surface area contributed by atoms with Gasteiger partial charge in [0.1, 0.15) is 5.76 Å². The van der Waals surface area contributed by atoms with E-state index in [9.17, 15) is 14.4 Å². The molecule has 0 bridgehead atoms. The normalized spacial score (nSPS) is 10.3. The Hall–Kier alpha value is -4.07. The van der Waals surface area contributed by atoms with Crippen LogP contribution in [0.5, 0.6) is 0 Å². The zero-order chi connectivity index (χ0) is 22.8. The molecular formula is C24H26N4O4. The van der Waals surface area contributed by atoms with Crippen LogP contribution in [0.1, 0.15) is 39.8 Å². The molecule has 0 atom stereocenters. The van der Waals surface area contributed by atoms with Crippen LogP contribution in [0.2, 0.25) is 0 Å². The molecule has 3 aromatic rings. The maximum Gasteiger partial charge on any atom is 0.251 e. The summed E-state index contributed by atoms with van der Waals surface area (Å²) in [5.41, 5.74) is 2.37. The third kappa shape index (κ3) is 6.73. The van der Waals surface area contributed by atoms with E-state index < -0.39 is 0 Å². The number of amides is 3. The van der Waals surface area contributed by atoms with E-state index in [2.05, 4.69) is 21.3 Å². The van der Waals surface area contributed by atoms with E-state index in [-0.39, 0.29) is 24.3 Å². The molecule has 2 aromatic carbocycles. The van der Waals surface area contributed by atoms with Gasteiger partial charge in [0.25, 0.3) is 11.8 Å². The minimum Gasteiger partial charge on any atom is -0.467 e. The lowest BCUT2D eigenvalue weighted by atomic mass is 10.2. The van der Waals surface area contributed by atoms with Gasteiger partial charge in [0, 0.05) is 29.0 Å². The van der Waals surface area contributed by atoms with Crippen molar-refractivity contribution >= 4 is 29.1 Å². The smallest absolute Gasteiger partial charge is 0.251 e. The van der Waals surface area contributed by atoms with Crippen molar-refractivity contribution < 1.29 is 18.8 Å². The second-order valence-electron chi connectivity index (χ2n) is 7.07. The van der Waals surface area contributed by atoms with Crippen LogP contribution in [0.15, 0.2) is 71.3 Å². The van der Waals surface area contributed by atoms with Crippen molar-refractivity contribution in [1.82, 2.24) is 10.6 Å². The summed E-state index contributed by atoms with van der Waals surface area (Å²) >= 11 is 0. The lowest BCUT2D eigenvalue weighted by molar-refractivity contribution is -0.114. The van der Waals surface area contributed by atoms with Gasteiger partial charge in [0.15, 0.2) is 0 Å². The van der Waals surface area contributed by atoms with E-state index in [1.54, 1.807) is 66.9 Å². The lowest BCUT2D eigenvalue weighted by Gasteiger charge is -2.09. The molecule has 166 valence electrons. The average molecular weight is 434 g/mol. The first-order chi connectivity index (χ1) is 15.5. The number of anilines is 2. The van der Waals surface area contributed by atoms with Crippen LogP contribution in [0.4, 0.5) is 11.4 Å². The molecule has 0 aliphatic rings. The van der Waals surface area contributed by atoms with Crippen LogP contribution in [0.3, 0.4) is 0 Å². The van der Waals surface area contributed by atoms with Gasteiger partial charge < -0.3 is 25.7 Å². The van der Waals surface area contributed by atoms with Crippen LogP contribution < -0.4 is 21.3 Å². The van der Waals surface area contributed by atoms with Crippen molar-refractivity contribution in [3.8, 4) is 0 Å². The molecule has 1 aromatic heterocycles. The summed E-state index contributed by atoms with van der Waals surface area (Å²) in [6.07, 6.45) is 2.43. The molecule has 0 saturated carbocycles. The molecule has 0 aliphatic carbocycles. The number of hydrogen-bond acceptors (Lipinski definition) is 5. The number of nitrogens with one attached hydrogen (secondary N) is 4. The monoisotopic (exact) mass is 434 g/mol. The summed E-state index contributed by atoms with van der Waals surface area (Å²) in [6.45, 7) is 3.00. The van der Waals surface area contributed by atoms with E-state index >= 15 is 0 Å². The molecule has 0 radical (unpaired) electrons. The molecule has 0 unspecified atom stereocenters. The average Bonchev–Trinajstić information content (AvgIpc) is 3.34. The highest BCUT2D eigenvalue weighted by molar-refractivity contribution is 5.97. The summed E-state index contributed by atoms with van der Waals surface area (Å²) in [4.78, 5) is 36.3. The second kappa shape index (κ2) is 11.4. The van der Waals surface area contributed by atoms with Gasteiger partial charge in [-0.3, -0.25) is 14.4 Å². The number of benzene rings is 2. The molecule has 3 rings (SSSR count). The van der Waals surface area contributed by atoms with E-state index in [1.807, 2.05) is 6.92 Å². The minimum atomic E-state index is -0.232. The Labute approximate surface area is 186 Å². The zero-order valence-electron chi connectivity index (χ0n) is 17.8. The maximum atomic E-state index is 12.2. The summed E-state index contributed by atoms with van der Waals surface area (Å²) in [7, 11) is 0. The number of rotatable bonds is 10. The molecule has 0 aliphatic heterocycles. The first kappa shape index (κ1) is 22.6. The second-order valence-corrected chi connectivity index (χ2v) is 7.07. The molecule has 0 saturated heterocycles. The third-order valence-corrected chi connectivity index (χ3v) is 4.57. The fraction of sp³-hybridized carbons (Fsp3) is 0.208. The Balaban J connectivity index is 1.43. The minimum absolute atomic E-state index is 0.0623. The molecule has 8 nitrogen and oxygen atoms in total. The Bertz CT molecular complexity index is 1030. The molecular weight excluding hydrogens is 408 g/mol. The summed E-state index contributed by atoms with van der Waals surface area (Å²) < 4.78 is 5.18. The molecule has 0 spiro atoms. The fourth-order valence-electron chi connectivity index (χ4n) is 2.86. The molecule has 4 N–H and O–H groups in total. The van der Waals surface area contributed by atoms with Crippen LogP contribution in [-0.2, 0) is 11.3 Å². The van der Waals surface area contributed by atoms with Crippen LogP contribution >= 0.6 is 0 Å². The molecule has 32 heavy (non-hydrogen) atoms. The van der Waals surface area contributed by atoms with E-state index in [0.717, 1.165) is 12.1 Å². The maximum absolute atomic E-state index is 12.2. The number of carbonyl (C=O) groups excluding carboxylic acids is 3. The van der Waals surface area contributed by atoms with Crippen molar-refractivity contribution in [1.29, 1.82) is 0 Å². The molecule has 3 amide bonds. The Morgan fingerprint density at radius 3 is 2.03 bits per heavy atom. The van der Waals surface area contributed by atoms with Crippen molar-refractivity contribution in [2.45, 2.75) is 19.9 Å². The van der Waals surface area contributed by atoms with Gasteiger partial charge >= 0.3 is 0 Å². The van der Waals surface area contributed by atoms with E-state index in [4.69, 9.17) is 4.42 Å². The predicted octanol–water partition coefficient (Wildman–Crippen LogP) is 3.40. The van der Waals surface area contributed by atoms with Crippen LogP contribution in [0.25, 0.3) is 0 Å². The SMILES string of the molecule is CCCNC(=O)c1ccc(NCC(=O)Nc2ccc(C(=O)NCc3ccco3)cc2)cc1. The summed E-state index contributed by atoms with van der Waals surface area (Å²) in [6, 6.07) is 17.1. The highest BCUT2D eigenvalue weighted by Crippen LogP contribution is 2.12. The van der Waals surface area contributed by atoms with Crippen LogP contribution in [-0.4, -0.2) is 30.8 Å². The Morgan fingerprint density at radius 2 is 1.44 bits per heavy atom. The van der Waals surface area contributed by atoms with E-state index in [1.165, 1.54) is 0 Å². The summed E-state index contributed by atoms with van der Waals surface area (Å²) in [5, 5.41) is 11.4. The Kier molecular flexibility index (Phi) is 8.02. The first-order valence-electron chi connectivity index (χ1n) is 10.4. The first-order valence-corrected chi connectivity index (χ1v) is 10.4. The van der Waals surface area contributed by atoms with Crippen molar-refractivity contribution in [3.63, 3.8) is 0 Å². The standard InChI is InChI=1S/C24H26N4O4/c1-2-13-25-23(30)17-5-9-19(10-6-17)26-16-22(29)28-20-11-7-18(8-12-20)24(31)27-15-21-4-3-14-32-21/h3-12,14,26H,2,13,15-16H2,1H3,(H,25,30)(H,27,31)(H,28,29). The predicted molar refractivity (Wildman–Crippen MR) is 123 cm³/mol. The number of hydrogen-bond donors (Lipinski definition) is 4. The number of carbonyl (C=O) groups is 3. The molecule has 0 fully saturated rings. The number of furan rings is 1. The zero-order valence-corrected chi connectivity index (χ0v) is 17.8. The van der Waals surface area contributed by atoms with Crippen molar-refractivity contribution in [2.75, 3.05) is 23.7 Å². The van der Waals surface area contributed by atoms with Gasteiger partial charge in [0.2, 0.25) is 5.91 Å². The van der Waals surface area contributed by atoms with Gasteiger partial charge in [-0.05, 0) is 67.1 Å². The van der Waals surface area contributed by atoms with Gasteiger partial charge in [-0.15, -0.1) is 0 Å². The lowest BCUT2D eigenvalue weighted by Crippen LogP contribution is -2.24. The highest BCUT2D eigenvalue weighted by atomic mass is 16.3. The highest BCUT2D eigenvalue weighted by Gasteiger charge is 2.08. The fourth-order valence-corrected chi connectivity index (χ4v) is 2.86. The van der Waals surface area contributed by atoms with Gasteiger partial charge in [-0.2, -0.15) is 0 Å². The van der Waals surface area contributed by atoms with Gasteiger partial charge in [0.05, 0.1) is 19.4 Å². The van der Waals surface area contributed by atoms with E-state index in [0.29, 0.717) is 35.7 Å². The quantitative estimate of drug-likeness (QED) is 0.391. The molecule has 8 heteroatoms. The topological polar surface area (TPSA) is 112 Å². The Morgan fingerprint density at radius 1 is 0.812 bits per heavy atom. The van der Waals surface area contributed by atoms with Crippen molar-refractivity contribution in [3.05, 3.63) is 83.8 Å². The largest absolute Gasteiger partial charge is 0.467 e. The van der Waals surface area contributed by atoms with Gasteiger partial charge in [-0.25, -0.2) is 0 Å². The van der Waals surface area contributed by atoms with Crippen LogP contribution in [0, 0.1) is 0 Å².